The van der Waals surface area contributed by atoms with Gasteiger partial charge in [-0.05, 0) is 71.0 Å². The molecule has 3 aromatic rings. The Balaban J connectivity index is 1.62. The van der Waals surface area contributed by atoms with E-state index in [4.69, 9.17) is 9.47 Å². The number of benzene rings is 3. The maximum Gasteiger partial charge on any atom is 0.273 e. The summed E-state index contributed by atoms with van der Waals surface area (Å²) in [6.07, 6.45) is 1.33. The molecule has 0 unspecified atom stereocenters. The second-order valence-corrected chi connectivity index (χ2v) is 8.16. The lowest BCUT2D eigenvalue weighted by molar-refractivity contribution is -0.385. The van der Waals surface area contributed by atoms with Crippen LogP contribution in [-0.4, -0.2) is 23.7 Å². The number of amides is 1. The first-order valence-electron chi connectivity index (χ1n) is 10.1. The van der Waals surface area contributed by atoms with Gasteiger partial charge in [0.15, 0.2) is 11.5 Å². The Morgan fingerprint density at radius 1 is 1.09 bits per heavy atom. The SMILES string of the molecule is CCOc1cc(/C=N/NC(=O)Cc2ccccc2[N+](=O)[O-])ccc1OCc1ccc(I)cc1. The van der Waals surface area contributed by atoms with E-state index in [1.807, 2.05) is 31.2 Å². The zero-order chi connectivity index (χ0) is 23.6. The Kier molecular flexibility index (Phi) is 8.76. The summed E-state index contributed by atoms with van der Waals surface area (Å²) in [5, 5.41) is 15.0. The van der Waals surface area contributed by atoms with E-state index in [2.05, 4.69) is 33.1 Å². The highest BCUT2D eigenvalue weighted by molar-refractivity contribution is 14.1. The Morgan fingerprint density at radius 2 is 1.85 bits per heavy atom. The molecule has 1 N–H and O–H groups in total. The summed E-state index contributed by atoms with van der Waals surface area (Å²) in [6, 6.07) is 19.5. The molecule has 0 heterocycles. The van der Waals surface area contributed by atoms with Crippen LogP contribution >= 0.6 is 22.6 Å². The molecule has 0 atom stereocenters. The van der Waals surface area contributed by atoms with Crippen molar-refractivity contribution in [2.24, 2.45) is 5.10 Å². The third-order valence-corrected chi connectivity index (χ3v) is 5.24. The predicted molar refractivity (Wildman–Crippen MR) is 134 cm³/mol. The van der Waals surface area contributed by atoms with Crippen molar-refractivity contribution in [1.29, 1.82) is 0 Å². The van der Waals surface area contributed by atoms with E-state index in [1.165, 1.54) is 12.3 Å². The van der Waals surface area contributed by atoms with Gasteiger partial charge in [-0.3, -0.25) is 14.9 Å². The Labute approximate surface area is 204 Å². The Morgan fingerprint density at radius 3 is 2.58 bits per heavy atom. The fourth-order valence-corrected chi connectivity index (χ4v) is 3.32. The zero-order valence-electron chi connectivity index (χ0n) is 17.9. The van der Waals surface area contributed by atoms with Crippen molar-refractivity contribution in [3.05, 3.63) is 97.1 Å². The molecular formula is C24H22IN3O5. The summed E-state index contributed by atoms with van der Waals surface area (Å²) in [6.45, 7) is 2.76. The summed E-state index contributed by atoms with van der Waals surface area (Å²) >= 11 is 2.25. The zero-order valence-corrected chi connectivity index (χ0v) is 20.0. The number of nitrogens with one attached hydrogen (secondary N) is 1. The van der Waals surface area contributed by atoms with Crippen LogP contribution < -0.4 is 14.9 Å². The quantitative estimate of drug-likeness (QED) is 0.165. The summed E-state index contributed by atoms with van der Waals surface area (Å²) < 4.78 is 12.8. The van der Waals surface area contributed by atoms with Gasteiger partial charge in [0.25, 0.3) is 5.69 Å². The highest BCUT2D eigenvalue weighted by atomic mass is 127. The predicted octanol–water partition coefficient (Wildman–Crippen LogP) is 4.87. The number of hydrazone groups is 1. The Hall–Kier alpha value is -3.47. The van der Waals surface area contributed by atoms with Gasteiger partial charge in [0.1, 0.15) is 6.61 Å². The molecule has 0 fully saturated rings. The molecule has 170 valence electrons. The molecule has 9 heteroatoms. The first kappa shape index (κ1) is 24.2. The highest BCUT2D eigenvalue weighted by Gasteiger charge is 2.15. The molecule has 3 rings (SSSR count). The van der Waals surface area contributed by atoms with E-state index in [1.54, 1.807) is 36.4 Å². The molecule has 0 saturated heterocycles. The van der Waals surface area contributed by atoms with E-state index in [0.29, 0.717) is 35.8 Å². The summed E-state index contributed by atoms with van der Waals surface area (Å²) in [5.41, 5.74) is 4.37. The number of carbonyl (C=O) groups is 1. The molecule has 3 aromatic carbocycles. The fraction of sp³-hybridized carbons (Fsp3) is 0.167. The molecule has 0 saturated carbocycles. The van der Waals surface area contributed by atoms with Crippen molar-refractivity contribution in [3.63, 3.8) is 0 Å². The molecule has 0 aromatic heterocycles. The average Bonchev–Trinajstić information content (AvgIpc) is 2.80. The van der Waals surface area contributed by atoms with Crippen LogP contribution in [0.25, 0.3) is 0 Å². The third-order valence-electron chi connectivity index (χ3n) is 4.52. The number of para-hydroxylation sites is 1. The second kappa shape index (κ2) is 12.0. The van der Waals surface area contributed by atoms with Crippen molar-refractivity contribution in [2.45, 2.75) is 20.0 Å². The highest BCUT2D eigenvalue weighted by Crippen LogP contribution is 2.29. The van der Waals surface area contributed by atoms with E-state index in [9.17, 15) is 14.9 Å². The maximum absolute atomic E-state index is 12.1. The molecule has 0 aliphatic heterocycles. The minimum Gasteiger partial charge on any atom is -0.490 e. The maximum atomic E-state index is 12.1. The van der Waals surface area contributed by atoms with Crippen LogP contribution in [0, 0.1) is 13.7 Å². The standard InChI is InChI=1S/C24H22IN3O5/c1-2-32-23-13-18(9-12-22(23)33-16-17-7-10-20(25)11-8-17)15-26-27-24(29)14-19-5-3-4-6-21(19)28(30)31/h3-13,15H,2,14,16H2,1H3,(H,27,29)/b26-15+. The number of hydrogen-bond acceptors (Lipinski definition) is 6. The minimum atomic E-state index is -0.511. The fourth-order valence-electron chi connectivity index (χ4n) is 2.96. The van der Waals surface area contributed by atoms with Crippen LogP contribution in [0.3, 0.4) is 0 Å². The molecule has 0 aliphatic carbocycles. The molecule has 0 bridgehead atoms. The molecule has 8 nitrogen and oxygen atoms in total. The molecule has 0 spiro atoms. The number of nitro groups is 1. The number of hydrogen-bond donors (Lipinski definition) is 1. The monoisotopic (exact) mass is 559 g/mol. The number of rotatable bonds is 10. The largest absolute Gasteiger partial charge is 0.490 e. The van der Waals surface area contributed by atoms with Crippen molar-refractivity contribution in [1.82, 2.24) is 5.43 Å². The van der Waals surface area contributed by atoms with Crippen molar-refractivity contribution >= 4 is 40.4 Å². The molecule has 0 aliphatic rings. The van der Waals surface area contributed by atoms with E-state index >= 15 is 0 Å². The number of nitrogens with zero attached hydrogens (tertiary/aromatic N) is 2. The lowest BCUT2D eigenvalue weighted by Crippen LogP contribution is -2.20. The molecule has 1 amide bonds. The van der Waals surface area contributed by atoms with Crippen molar-refractivity contribution < 1.29 is 19.2 Å². The smallest absolute Gasteiger partial charge is 0.273 e. The molecule has 0 radical (unpaired) electrons. The van der Waals surface area contributed by atoms with Gasteiger partial charge in [0.2, 0.25) is 5.91 Å². The van der Waals surface area contributed by atoms with E-state index in [-0.39, 0.29) is 12.1 Å². The van der Waals surface area contributed by atoms with Gasteiger partial charge in [0.05, 0.1) is 24.2 Å². The number of nitro benzene ring substituents is 1. The van der Waals surface area contributed by atoms with Crippen LogP contribution in [0.4, 0.5) is 5.69 Å². The minimum absolute atomic E-state index is 0.0983. The summed E-state index contributed by atoms with van der Waals surface area (Å²) in [4.78, 5) is 22.7. The van der Waals surface area contributed by atoms with Crippen LogP contribution in [0.2, 0.25) is 0 Å². The Bertz CT molecular complexity index is 1150. The first-order valence-corrected chi connectivity index (χ1v) is 11.2. The molecule has 33 heavy (non-hydrogen) atoms. The van der Waals surface area contributed by atoms with Gasteiger partial charge in [0, 0.05) is 15.2 Å². The third kappa shape index (κ3) is 7.28. The van der Waals surface area contributed by atoms with Gasteiger partial charge in [-0.15, -0.1) is 0 Å². The summed E-state index contributed by atoms with van der Waals surface area (Å²) in [5.74, 6) is 0.717. The number of ether oxygens (including phenoxy) is 2. The first-order chi connectivity index (χ1) is 16.0. The number of carbonyl (C=O) groups excluding carboxylic acids is 1. The lowest BCUT2D eigenvalue weighted by atomic mass is 10.1. The average molecular weight is 559 g/mol. The number of halogens is 1. The van der Waals surface area contributed by atoms with Crippen LogP contribution in [0.5, 0.6) is 11.5 Å². The van der Waals surface area contributed by atoms with Crippen LogP contribution in [0.15, 0.2) is 71.8 Å². The lowest BCUT2D eigenvalue weighted by Gasteiger charge is -2.12. The van der Waals surface area contributed by atoms with E-state index in [0.717, 1.165) is 9.13 Å². The van der Waals surface area contributed by atoms with Gasteiger partial charge in [-0.2, -0.15) is 5.10 Å². The van der Waals surface area contributed by atoms with Gasteiger partial charge < -0.3 is 9.47 Å². The molecular weight excluding hydrogens is 537 g/mol. The topological polar surface area (TPSA) is 103 Å². The van der Waals surface area contributed by atoms with Crippen LogP contribution in [0.1, 0.15) is 23.6 Å². The van der Waals surface area contributed by atoms with E-state index < -0.39 is 10.8 Å². The second-order valence-electron chi connectivity index (χ2n) is 6.91. The van der Waals surface area contributed by atoms with Gasteiger partial charge in [-0.1, -0.05) is 30.3 Å². The normalized spacial score (nSPS) is 10.7. The van der Waals surface area contributed by atoms with Gasteiger partial charge in [-0.25, -0.2) is 5.43 Å². The van der Waals surface area contributed by atoms with Crippen molar-refractivity contribution in [2.75, 3.05) is 6.61 Å². The van der Waals surface area contributed by atoms with Crippen molar-refractivity contribution in [3.8, 4) is 11.5 Å². The van der Waals surface area contributed by atoms with Crippen LogP contribution in [-0.2, 0) is 17.8 Å². The summed E-state index contributed by atoms with van der Waals surface area (Å²) in [7, 11) is 0. The van der Waals surface area contributed by atoms with Gasteiger partial charge >= 0.3 is 0 Å².